The molecule has 1 aliphatic carbocycles. The van der Waals surface area contributed by atoms with Crippen molar-refractivity contribution in [2.75, 3.05) is 0 Å². The Morgan fingerprint density at radius 2 is 1.87 bits per heavy atom. The summed E-state index contributed by atoms with van der Waals surface area (Å²) in [6, 6.07) is 10.9. The number of furan rings is 1. The Morgan fingerprint density at radius 1 is 1.13 bits per heavy atom. The molecule has 1 unspecified atom stereocenters. The van der Waals surface area contributed by atoms with Crippen molar-refractivity contribution in [1.29, 1.82) is 0 Å². The van der Waals surface area contributed by atoms with E-state index in [1.54, 1.807) is 13.0 Å². The smallest absolute Gasteiger partial charge is 0.333 e. The first kappa shape index (κ1) is 15.1. The standard InChI is InChI=1S/C17H19N3O3/c1-11-14(9-10-23-11)16(21)19-20-17(22)18-15(13-7-8-13)12-5-3-2-4-6-12/h2-6,9-10,13,15H,7-8H2,1H3,(H,19,21)(H2,18,20,22). The second-order valence-electron chi connectivity index (χ2n) is 5.67. The van der Waals surface area contributed by atoms with E-state index >= 15 is 0 Å². The molecule has 1 aromatic heterocycles. The van der Waals surface area contributed by atoms with Gasteiger partial charge in [0.25, 0.3) is 5.91 Å². The van der Waals surface area contributed by atoms with E-state index in [4.69, 9.17) is 4.42 Å². The Kier molecular flexibility index (Phi) is 4.32. The zero-order valence-corrected chi connectivity index (χ0v) is 12.8. The van der Waals surface area contributed by atoms with E-state index in [9.17, 15) is 9.59 Å². The van der Waals surface area contributed by atoms with Crippen molar-refractivity contribution in [3.63, 3.8) is 0 Å². The summed E-state index contributed by atoms with van der Waals surface area (Å²) in [4.78, 5) is 24.0. The lowest BCUT2D eigenvalue weighted by molar-refractivity contribution is 0.0934. The predicted molar refractivity (Wildman–Crippen MR) is 84.5 cm³/mol. The highest BCUT2D eigenvalue weighted by molar-refractivity contribution is 5.96. The molecule has 1 aliphatic rings. The van der Waals surface area contributed by atoms with Crippen molar-refractivity contribution in [1.82, 2.24) is 16.2 Å². The molecular formula is C17H19N3O3. The summed E-state index contributed by atoms with van der Waals surface area (Å²) in [5, 5.41) is 2.92. The Bertz CT molecular complexity index is 692. The number of nitrogens with one attached hydrogen (secondary N) is 3. The van der Waals surface area contributed by atoms with E-state index in [0.29, 0.717) is 17.2 Å². The summed E-state index contributed by atoms with van der Waals surface area (Å²) >= 11 is 0. The van der Waals surface area contributed by atoms with Gasteiger partial charge in [0, 0.05) is 0 Å². The lowest BCUT2D eigenvalue weighted by atomic mass is 10.0. The van der Waals surface area contributed by atoms with Crippen LogP contribution in [0.1, 0.15) is 40.6 Å². The van der Waals surface area contributed by atoms with Crippen LogP contribution in [0.2, 0.25) is 0 Å². The van der Waals surface area contributed by atoms with Crippen molar-refractivity contribution in [3.05, 3.63) is 59.5 Å². The number of benzene rings is 1. The fraction of sp³-hybridized carbons (Fsp3) is 0.294. The van der Waals surface area contributed by atoms with Crippen LogP contribution in [-0.4, -0.2) is 11.9 Å². The SMILES string of the molecule is Cc1occc1C(=O)NNC(=O)NC(c1ccccc1)C1CC1. The summed E-state index contributed by atoms with van der Waals surface area (Å²) in [5.74, 6) is 0.550. The van der Waals surface area contributed by atoms with E-state index in [1.807, 2.05) is 30.3 Å². The predicted octanol–water partition coefficient (Wildman–Crippen LogP) is 2.68. The monoisotopic (exact) mass is 313 g/mol. The van der Waals surface area contributed by atoms with Gasteiger partial charge in [-0.05, 0) is 37.3 Å². The quantitative estimate of drug-likeness (QED) is 0.759. The molecule has 0 spiro atoms. The molecule has 0 aliphatic heterocycles. The minimum atomic E-state index is -0.430. The fourth-order valence-electron chi connectivity index (χ4n) is 2.54. The maximum atomic E-state index is 12.1. The Balaban J connectivity index is 1.56. The summed E-state index contributed by atoms with van der Waals surface area (Å²) in [6.45, 7) is 1.69. The number of urea groups is 1. The summed E-state index contributed by atoms with van der Waals surface area (Å²) in [5.41, 5.74) is 6.24. The molecule has 2 aromatic rings. The molecule has 0 radical (unpaired) electrons. The second-order valence-corrected chi connectivity index (χ2v) is 5.67. The van der Waals surface area contributed by atoms with E-state index in [2.05, 4.69) is 16.2 Å². The Hall–Kier alpha value is -2.76. The summed E-state index contributed by atoms with van der Waals surface area (Å²) in [6.07, 6.45) is 3.63. The number of hydrogen-bond donors (Lipinski definition) is 3. The van der Waals surface area contributed by atoms with Crippen LogP contribution in [0, 0.1) is 12.8 Å². The zero-order valence-electron chi connectivity index (χ0n) is 12.8. The molecule has 6 heteroatoms. The number of rotatable bonds is 4. The highest BCUT2D eigenvalue weighted by Gasteiger charge is 2.33. The van der Waals surface area contributed by atoms with Gasteiger partial charge in [0.15, 0.2) is 0 Å². The normalized spacial score (nSPS) is 14.8. The van der Waals surface area contributed by atoms with Gasteiger partial charge in [-0.3, -0.25) is 10.2 Å². The topological polar surface area (TPSA) is 83.4 Å². The van der Waals surface area contributed by atoms with Gasteiger partial charge in [-0.25, -0.2) is 10.2 Å². The number of hydrazine groups is 1. The van der Waals surface area contributed by atoms with Crippen LogP contribution in [0.3, 0.4) is 0 Å². The number of carbonyl (C=O) groups excluding carboxylic acids is 2. The largest absolute Gasteiger partial charge is 0.469 e. The first-order chi connectivity index (χ1) is 11.1. The lowest BCUT2D eigenvalue weighted by Crippen LogP contribution is -2.48. The van der Waals surface area contributed by atoms with Gasteiger partial charge in [-0.1, -0.05) is 30.3 Å². The third-order valence-corrected chi connectivity index (χ3v) is 3.93. The number of hydrogen-bond acceptors (Lipinski definition) is 3. The molecule has 3 rings (SSSR count). The molecule has 0 saturated heterocycles. The fourth-order valence-corrected chi connectivity index (χ4v) is 2.54. The molecule has 1 heterocycles. The van der Waals surface area contributed by atoms with Crippen molar-refractivity contribution < 1.29 is 14.0 Å². The van der Waals surface area contributed by atoms with Gasteiger partial charge in [0.05, 0.1) is 17.9 Å². The van der Waals surface area contributed by atoms with E-state index in [0.717, 1.165) is 18.4 Å². The molecule has 23 heavy (non-hydrogen) atoms. The van der Waals surface area contributed by atoms with Crippen molar-refractivity contribution in [2.45, 2.75) is 25.8 Å². The molecule has 6 nitrogen and oxygen atoms in total. The average molecular weight is 313 g/mol. The zero-order chi connectivity index (χ0) is 16.2. The minimum absolute atomic E-state index is 0.0382. The van der Waals surface area contributed by atoms with Crippen LogP contribution < -0.4 is 16.2 Å². The van der Waals surface area contributed by atoms with Gasteiger partial charge in [-0.15, -0.1) is 0 Å². The van der Waals surface area contributed by atoms with E-state index in [-0.39, 0.29) is 6.04 Å². The van der Waals surface area contributed by atoms with Gasteiger partial charge >= 0.3 is 6.03 Å². The van der Waals surface area contributed by atoms with Gasteiger partial charge < -0.3 is 9.73 Å². The lowest BCUT2D eigenvalue weighted by Gasteiger charge is -2.19. The van der Waals surface area contributed by atoms with E-state index < -0.39 is 11.9 Å². The highest BCUT2D eigenvalue weighted by Crippen LogP contribution is 2.40. The molecule has 1 saturated carbocycles. The average Bonchev–Trinajstić information content (AvgIpc) is 3.32. The van der Waals surface area contributed by atoms with Gasteiger partial charge in [0.2, 0.25) is 0 Å². The number of aryl methyl sites for hydroxylation is 1. The Morgan fingerprint density at radius 3 is 2.48 bits per heavy atom. The molecule has 1 aromatic carbocycles. The van der Waals surface area contributed by atoms with Gasteiger partial charge in [0.1, 0.15) is 5.76 Å². The molecule has 1 fully saturated rings. The molecule has 0 bridgehead atoms. The first-order valence-electron chi connectivity index (χ1n) is 7.61. The van der Waals surface area contributed by atoms with Crippen LogP contribution in [0.5, 0.6) is 0 Å². The van der Waals surface area contributed by atoms with Crippen LogP contribution in [-0.2, 0) is 0 Å². The van der Waals surface area contributed by atoms with Gasteiger partial charge in [-0.2, -0.15) is 0 Å². The number of amides is 3. The van der Waals surface area contributed by atoms with Crippen LogP contribution in [0.25, 0.3) is 0 Å². The molecule has 1 atom stereocenters. The molecular weight excluding hydrogens is 294 g/mol. The maximum absolute atomic E-state index is 12.1. The maximum Gasteiger partial charge on any atom is 0.333 e. The Labute approximate surface area is 134 Å². The highest BCUT2D eigenvalue weighted by atomic mass is 16.3. The summed E-state index contributed by atoms with van der Waals surface area (Å²) < 4.78 is 5.07. The third-order valence-electron chi connectivity index (χ3n) is 3.93. The van der Waals surface area contributed by atoms with Crippen molar-refractivity contribution in [3.8, 4) is 0 Å². The second kappa shape index (κ2) is 6.56. The minimum Gasteiger partial charge on any atom is -0.469 e. The van der Waals surface area contributed by atoms with Crippen molar-refractivity contribution >= 4 is 11.9 Å². The molecule has 120 valence electrons. The van der Waals surface area contributed by atoms with Crippen LogP contribution in [0.15, 0.2) is 47.1 Å². The van der Waals surface area contributed by atoms with Crippen molar-refractivity contribution in [2.24, 2.45) is 5.92 Å². The molecule has 3 amide bonds. The molecule has 3 N–H and O–H groups in total. The third kappa shape index (κ3) is 3.71. The summed E-state index contributed by atoms with van der Waals surface area (Å²) in [7, 11) is 0. The van der Waals surface area contributed by atoms with Crippen LogP contribution in [0.4, 0.5) is 4.79 Å². The van der Waals surface area contributed by atoms with E-state index in [1.165, 1.54) is 6.26 Å². The first-order valence-corrected chi connectivity index (χ1v) is 7.61. The van der Waals surface area contributed by atoms with Crippen LogP contribution >= 0.6 is 0 Å². The number of carbonyl (C=O) groups is 2.